The van der Waals surface area contributed by atoms with Gasteiger partial charge in [0, 0.05) is 19.6 Å². The fraction of sp³-hybridized carbons (Fsp3) is 0.909. The molecule has 0 saturated carbocycles. The van der Waals surface area contributed by atoms with Gasteiger partial charge in [0.05, 0.1) is 6.61 Å². The van der Waals surface area contributed by atoms with Crippen LogP contribution >= 0.6 is 0 Å². The largest absolute Gasteiger partial charge is 0.466 e. The quantitative estimate of drug-likeness (QED) is 0.624. The third kappa shape index (κ3) is 17.5. The van der Waals surface area contributed by atoms with E-state index in [9.17, 15) is 4.79 Å². The summed E-state index contributed by atoms with van der Waals surface area (Å²) in [5.74, 6) is -0.0700. The number of ether oxygens (including phenoxy) is 2. The highest BCUT2D eigenvalue weighted by atomic mass is 16.5. The second-order valence-electron chi connectivity index (χ2n) is 2.69. The minimum Gasteiger partial charge on any atom is -0.466 e. The summed E-state index contributed by atoms with van der Waals surface area (Å²) in [6.45, 7) is 10.0. The molecule has 3 nitrogen and oxygen atoms in total. The summed E-state index contributed by atoms with van der Waals surface area (Å²) in [5, 5.41) is 0. The maximum absolute atomic E-state index is 10.6. The summed E-state index contributed by atoms with van der Waals surface area (Å²) in [7, 11) is 0. The molecule has 0 unspecified atom stereocenters. The molecular formula is C11H24O3. The first-order chi connectivity index (χ1) is 6.72. The van der Waals surface area contributed by atoms with Crippen molar-refractivity contribution in [1.29, 1.82) is 0 Å². The van der Waals surface area contributed by atoms with Crippen LogP contribution in [0.5, 0.6) is 0 Å². The van der Waals surface area contributed by atoms with E-state index in [-0.39, 0.29) is 5.97 Å². The molecule has 0 rings (SSSR count). The van der Waals surface area contributed by atoms with Crippen molar-refractivity contribution in [2.45, 2.75) is 47.0 Å². The number of unbranched alkanes of at least 4 members (excludes halogenated alkanes) is 1. The van der Waals surface area contributed by atoms with Crippen LogP contribution in [0.25, 0.3) is 0 Å². The van der Waals surface area contributed by atoms with E-state index >= 15 is 0 Å². The summed E-state index contributed by atoms with van der Waals surface area (Å²) in [6, 6.07) is 0. The molecule has 0 aliphatic rings. The van der Waals surface area contributed by atoms with Crippen LogP contribution in [0, 0.1) is 0 Å². The van der Waals surface area contributed by atoms with Gasteiger partial charge >= 0.3 is 5.97 Å². The standard InChI is InChI=1S/C7H14O2.C4H10O/c1-3-5-6-7(8)9-4-2;1-3-5-4-2/h3-6H2,1-2H3;3-4H2,1-2H3. The van der Waals surface area contributed by atoms with Crippen LogP contribution in [0.1, 0.15) is 47.0 Å². The fourth-order valence-electron chi connectivity index (χ4n) is 0.758. The van der Waals surface area contributed by atoms with Crippen molar-refractivity contribution in [2.24, 2.45) is 0 Å². The van der Waals surface area contributed by atoms with Gasteiger partial charge in [0.25, 0.3) is 0 Å². The molecule has 0 aromatic rings. The predicted octanol–water partition coefficient (Wildman–Crippen LogP) is 2.78. The lowest BCUT2D eigenvalue weighted by atomic mass is 10.3. The van der Waals surface area contributed by atoms with Gasteiger partial charge in [0.1, 0.15) is 0 Å². The second kappa shape index (κ2) is 14.9. The molecule has 14 heavy (non-hydrogen) atoms. The van der Waals surface area contributed by atoms with Gasteiger partial charge in [-0.2, -0.15) is 0 Å². The Labute approximate surface area is 87.8 Å². The van der Waals surface area contributed by atoms with Gasteiger partial charge in [-0.25, -0.2) is 0 Å². The van der Waals surface area contributed by atoms with Gasteiger partial charge in [-0.1, -0.05) is 13.3 Å². The van der Waals surface area contributed by atoms with Crippen molar-refractivity contribution < 1.29 is 14.3 Å². The van der Waals surface area contributed by atoms with Crippen LogP contribution in [0.3, 0.4) is 0 Å². The van der Waals surface area contributed by atoms with E-state index in [1.807, 2.05) is 20.8 Å². The first-order valence-corrected chi connectivity index (χ1v) is 5.46. The zero-order valence-electron chi connectivity index (χ0n) is 9.97. The van der Waals surface area contributed by atoms with Crippen molar-refractivity contribution in [3.05, 3.63) is 0 Å². The summed E-state index contributed by atoms with van der Waals surface area (Å²) >= 11 is 0. The van der Waals surface area contributed by atoms with Gasteiger partial charge in [-0.3, -0.25) is 4.79 Å². The highest BCUT2D eigenvalue weighted by Gasteiger charge is 1.97. The fourth-order valence-corrected chi connectivity index (χ4v) is 0.758. The van der Waals surface area contributed by atoms with E-state index in [0.717, 1.165) is 26.1 Å². The van der Waals surface area contributed by atoms with Crippen molar-refractivity contribution >= 4 is 5.97 Å². The van der Waals surface area contributed by atoms with E-state index in [4.69, 9.17) is 9.47 Å². The number of rotatable bonds is 6. The number of esters is 1. The second-order valence-corrected chi connectivity index (χ2v) is 2.69. The average Bonchev–Trinajstić information content (AvgIpc) is 2.17. The molecule has 0 aliphatic carbocycles. The molecule has 0 aliphatic heterocycles. The minimum atomic E-state index is -0.0700. The Kier molecular flexibility index (Phi) is 16.9. The molecule has 0 heterocycles. The lowest BCUT2D eigenvalue weighted by molar-refractivity contribution is -0.143. The predicted molar refractivity (Wildman–Crippen MR) is 58.3 cm³/mol. The Hall–Kier alpha value is -0.570. The first kappa shape index (κ1) is 15.9. The molecule has 0 radical (unpaired) electrons. The van der Waals surface area contributed by atoms with Crippen molar-refractivity contribution in [3.8, 4) is 0 Å². The maximum atomic E-state index is 10.6. The van der Waals surface area contributed by atoms with Gasteiger partial charge in [0.2, 0.25) is 0 Å². The van der Waals surface area contributed by atoms with Crippen LogP contribution in [-0.2, 0) is 14.3 Å². The van der Waals surface area contributed by atoms with E-state index in [0.29, 0.717) is 13.0 Å². The maximum Gasteiger partial charge on any atom is 0.305 e. The van der Waals surface area contributed by atoms with Crippen molar-refractivity contribution in [1.82, 2.24) is 0 Å². The molecule has 0 amide bonds. The van der Waals surface area contributed by atoms with Crippen molar-refractivity contribution in [3.63, 3.8) is 0 Å². The molecule has 0 saturated heterocycles. The summed E-state index contributed by atoms with van der Waals surface area (Å²) in [5.41, 5.74) is 0. The van der Waals surface area contributed by atoms with E-state index in [1.54, 1.807) is 0 Å². The Morgan fingerprint density at radius 2 is 1.57 bits per heavy atom. The highest BCUT2D eigenvalue weighted by Crippen LogP contribution is 1.95. The normalized spacial score (nSPS) is 8.86. The van der Waals surface area contributed by atoms with Gasteiger partial charge in [-0.15, -0.1) is 0 Å². The number of carbonyl (C=O) groups excluding carboxylic acids is 1. The van der Waals surface area contributed by atoms with E-state index in [1.165, 1.54) is 0 Å². The van der Waals surface area contributed by atoms with Crippen LogP contribution < -0.4 is 0 Å². The Balaban J connectivity index is 0. The lowest BCUT2D eigenvalue weighted by Crippen LogP contribution is -2.02. The third-order valence-electron chi connectivity index (χ3n) is 1.45. The topological polar surface area (TPSA) is 35.5 Å². The molecule has 86 valence electrons. The molecular weight excluding hydrogens is 180 g/mol. The number of hydrogen-bond acceptors (Lipinski definition) is 3. The van der Waals surface area contributed by atoms with Crippen LogP contribution in [0.15, 0.2) is 0 Å². The van der Waals surface area contributed by atoms with Crippen LogP contribution in [0.2, 0.25) is 0 Å². The highest BCUT2D eigenvalue weighted by molar-refractivity contribution is 5.69. The molecule has 0 aromatic heterocycles. The van der Waals surface area contributed by atoms with Crippen LogP contribution in [0.4, 0.5) is 0 Å². The van der Waals surface area contributed by atoms with Crippen LogP contribution in [-0.4, -0.2) is 25.8 Å². The molecule has 0 aromatic carbocycles. The Morgan fingerprint density at radius 1 is 1.00 bits per heavy atom. The molecule has 0 bridgehead atoms. The molecule has 3 heteroatoms. The van der Waals surface area contributed by atoms with Gasteiger partial charge < -0.3 is 9.47 Å². The smallest absolute Gasteiger partial charge is 0.305 e. The van der Waals surface area contributed by atoms with Gasteiger partial charge in [0.15, 0.2) is 0 Å². The minimum absolute atomic E-state index is 0.0700. The average molecular weight is 204 g/mol. The van der Waals surface area contributed by atoms with Gasteiger partial charge in [-0.05, 0) is 27.2 Å². The zero-order chi connectivity index (χ0) is 11.2. The first-order valence-electron chi connectivity index (χ1n) is 5.46. The SMILES string of the molecule is CCCCC(=O)OCC.CCOCC. The zero-order valence-corrected chi connectivity index (χ0v) is 9.97. The Morgan fingerprint density at radius 3 is 1.86 bits per heavy atom. The number of hydrogen-bond donors (Lipinski definition) is 0. The third-order valence-corrected chi connectivity index (χ3v) is 1.45. The summed E-state index contributed by atoms with van der Waals surface area (Å²) < 4.78 is 9.54. The van der Waals surface area contributed by atoms with E-state index in [2.05, 4.69) is 6.92 Å². The monoisotopic (exact) mass is 204 g/mol. The molecule has 0 atom stereocenters. The number of carbonyl (C=O) groups is 1. The van der Waals surface area contributed by atoms with Crippen molar-refractivity contribution in [2.75, 3.05) is 19.8 Å². The molecule has 0 fully saturated rings. The van der Waals surface area contributed by atoms with E-state index < -0.39 is 0 Å². The lowest BCUT2D eigenvalue weighted by Gasteiger charge is -1.97. The summed E-state index contributed by atoms with van der Waals surface area (Å²) in [6.07, 6.45) is 2.57. The molecule has 0 N–H and O–H groups in total. The Bertz CT molecular complexity index is 111. The summed E-state index contributed by atoms with van der Waals surface area (Å²) in [4.78, 5) is 10.6. The molecule has 0 spiro atoms.